The minimum Gasteiger partial charge on any atom is -0.507 e. The lowest BCUT2D eigenvalue weighted by atomic mass is 10.1. The zero-order valence-electron chi connectivity index (χ0n) is 20.1. The smallest absolute Gasteiger partial charge is 0.409 e. The van der Waals surface area contributed by atoms with Crippen LogP contribution in [0, 0.1) is 0 Å². The Labute approximate surface area is 209 Å². The normalized spacial score (nSPS) is 15.0. The van der Waals surface area contributed by atoms with Crippen molar-refractivity contribution >= 4 is 33.5 Å². The lowest BCUT2D eigenvalue weighted by Gasteiger charge is -2.32. The highest BCUT2D eigenvalue weighted by atomic mass is 79.9. The summed E-state index contributed by atoms with van der Waals surface area (Å²) in [7, 11) is 0. The first-order valence-electron chi connectivity index (χ1n) is 12.1. The number of carbonyl (C=O) groups is 1. The van der Waals surface area contributed by atoms with E-state index in [1.54, 1.807) is 27.7 Å². The van der Waals surface area contributed by atoms with E-state index in [9.17, 15) is 9.90 Å². The molecule has 3 aromatic rings. The number of hydrogen-bond donors (Lipinski definition) is 2. The number of fused-ring (bicyclic) bond motifs is 1. The van der Waals surface area contributed by atoms with E-state index in [0.717, 1.165) is 23.1 Å². The maximum Gasteiger partial charge on any atom is 0.409 e. The molecule has 8 nitrogen and oxygen atoms in total. The molecule has 1 aliphatic heterocycles. The number of ether oxygens (including phenoxy) is 1. The number of para-hydroxylation sites is 1. The first kappa shape index (κ1) is 25.8. The Morgan fingerprint density at radius 1 is 1.21 bits per heavy atom. The number of rotatable bonds is 4. The van der Waals surface area contributed by atoms with Gasteiger partial charge in [-0.05, 0) is 47.8 Å². The molecule has 2 fully saturated rings. The van der Waals surface area contributed by atoms with Gasteiger partial charge in [0.25, 0.3) is 0 Å². The number of piperidine rings is 1. The van der Waals surface area contributed by atoms with Crippen molar-refractivity contribution < 1.29 is 14.6 Å². The van der Waals surface area contributed by atoms with E-state index in [0.29, 0.717) is 36.6 Å². The van der Waals surface area contributed by atoms with Crippen molar-refractivity contribution in [3.05, 3.63) is 41.0 Å². The molecule has 0 spiro atoms. The molecule has 1 saturated heterocycles. The van der Waals surface area contributed by atoms with Crippen LogP contribution in [0.15, 0.2) is 41.0 Å². The molecule has 34 heavy (non-hydrogen) atoms. The Balaban J connectivity index is 0.000000588. The molecule has 1 aromatic carbocycles. The van der Waals surface area contributed by atoms with Gasteiger partial charge >= 0.3 is 6.09 Å². The van der Waals surface area contributed by atoms with Gasteiger partial charge in [-0.15, -0.1) is 0 Å². The van der Waals surface area contributed by atoms with E-state index in [1.165, 1.54) is 19.3 Å². The summed E-state index contributed by atoms with van der Waals surface area (Å²) in [4.78, 5) is 18.3. The number of aromatic hydroxyl groups is 1. The minimum absolute atomic E-state index is 0.175. The van der Waals surface area contributed by atoms with Gasteiger partial charge in [0.2, 0.25) is 0 Å². The van der Waals surface area contributed by atoms with E-state index in [1.807, 2.05) is 39.0 Å². The Morgan fingerprint density at radius 3 is 2.50 bits per heavy atom. The molecule has 2 aliphatic rings. The fraction of sp³-hybridized carbons (Fsp3) is 0.480. The van der Waals surface area contributed by atoms with Crippen LogP contribution < -0.4 is 5.32 Å². The van der Waals surface area contributed by atoms with E-state index in [2.05, 4.69) is 31.3 Å². The Morgan fingerprint density at radius 2 is 1.88 bits per heavy atom. The number of nitrogens with zero attached hydrogens (tertiary/aromatic N) is 4. The molecule has 0 bridgehead atoms. The fourth-order valence-electron chi connectivity index (χ4n) is 3.50. The Kier molecular flexibility index (Phi) is 9.56. The van der Waals surface area contributed by atoms with Gasteiger partial charge in [0.05, 0.1) is 23.0 Å². The summed E-state index contributed by atoms with van der Waals surface area (Å²) < 4.78 is 7.60. The van der Waals surface area contributed by atoms with E-state index in [-0.39, 0.29) is 17.9 Å². The highest BCUT2D eigenvalue weighted by molar-refractivity contribution is 9.10. The van der Waals surface area contributed by atoms with Crippen LogP contribution in [0.2, 0.25) is 0 Å². The second-order valence-electron chi connectivity index (χ2n) is 7.94. The second kappa shape index (κ2) is 12.6. The topological polar surface area (TPSA) is 92.0 Å². The number of hydrogen-bond acceptors (Lipinski definition) is 6. The van der Waals surface area contributed by atoms with Crippen molar-refractivity contribution in [1.82, 2.24) is 19.5 Å². The van der Waals surface area contributed by atoms with Crippen LogP contribution in [0.25, 0.3) is 16.9 Å². The molecule has 184 valence electrons. The molecule has 0 radical (unpaired) electrons. The molecule has 1 saturated carbocycles. The zero-order valence-corrected chi connectivity index (χ0v) is 21.7. The third kappa shape index (κ3) is 6.62. The maximum absolute atomic E-state index is 11.9. The second-order valence-corrected chi connectivity index (χ2v) is 8.79. The van der Waals surface area contributed by atoms with Crippen LogP contribution in [0.4, 0.5) is 10.6 Å². The SMILES string of the molecule is C1CC1.CC.CCOC(=O)N1CCC(Nc2cc(-c3ccccc3O)nc3c(Br)cnn23)CC1. The molecule has 3 heterocycles. The number of phenols is 1. The maximum atomic E-state index is 11.9. The molecule has 9 heteroatoms. The lowest BCUT2D eigenvalue weighted by molar-refractivity contribution is 0.0983. The average Bonchev–Trinajstić information content (AvgIpc) is 3.70. The molecule has 0 unspecified atom stereocenters. The monoisotopic (exact) mass is 531 g/mol. The van der Waals surface area contributed by atoms with Gasteiger partial charge in [0.1, 0.15) is 11.6 Å². The number of amides is 1. The van der Waals surface area contributed by atoms with Crippen molar-refractivity contribution in [2.24, 2.45) is 0 Å². The summed E-state index contributed by atoms with van der Waals surface area (Å²) in [5.41, 5.74) is 1.98. The van der Waals surface area contributed by atoms with Crippen LogP contribution in [0.5, 0.6) is 5.75 Å². The van der Waals surface area contributed by atoms with Gasteiger partial charge in [0.15, 0.2) is 5.65 Å². The highest BCUT2D eigenvalue weighted by Gasteiger charge is 2.24. The first-order chi connectivity index (χ1) is 16.6. The number of carbonyl (C=O) groups excluding carboxylic acids is 1. The fourth-order valence-corrected chi connectivity index (χ4v) is 3.85. The van der Waals surface area contributed by atoms with Crippen LogP contribution in [-0.4, -0.2) is 56.4 Å². The average molecular weight is 532 g/mol. The number of phenolic OH excluding ortho intramolecular Hbond substituents is 1. The lowest BCUT2D eigenvalue weighted by Crippen LogP contribution is -2.42. The summed E-state index contributed by atoms with van der Waals surface area (Å²) in [6, 6.07) is 9.20. The Bertz CT molecular complexity index is 1070. The third-order valence-electron chi connectivity index (χ3n) is 5.34. The number of nitrogens with one attached hydrogen (secondary N) is 1. The predicted molar refractivity (Wildman–Crippen MR) is 138 cm³/mol. The molecule has 2 aromatic heterocycles. The van der Waals surface area contributed by atoms with Crippen molar-refractivity contribution in [3.8, 4) is 17.0 Å². The van der Waals surface area contributed by atoms with Gasteiger partial charge in [0, 0.05) is 30.8 Å². The zero-order chi connectivity index (χ0) is 24.5. The van der Waals surface area contributed by atoms with Gasteiger partial charge in [-0.25, -0.2) is 9.78 Å². The van der Waals surface area contributed by atoms with Gasteiger partial charge in [-0.3, -0.25) is 0 Å². The summed E-state index contributed by atoms with van der Waals surface area (Å²) in [6.45, 7) is 7.47. The van der Waals surface area contributed by atoms with Crippen LogP contribution in [0.3, 0.4) is 0 Å². The third-order valence-corrected chi connectivity index (χ3v) is 5.89. The number of aromatic nitrogens is 3. The van der Waals surface area contributed by atoms with E-state index < -0.39 is 0 Å². The van der Waals surface area contributed by atoms with E-state index >= 15 is 0 Å². The minimum atomic E-state index is -0.255. The van der Waals surface area contributed by atoms with Crippen molar-refractivity contribution in [2.45, 2.75) is 58.9 Å². The molecule has 1 amide bonds. The molecular formula is C25H34BrN5O3. The van der Waals surface area contributed by atoms with Gasteiger partial charge in [-0.2, -0.15) is 9.61 Å². The Hall–Kier alpha value is -2.81. The van der Waals surface area contributed by atoms with E-state index in [4.69, 9.17) is 4.74 Å². The summed E-state index contributed by atoms with van der Waals surface area (Å²) in [6.07, 6.45) is 7.55. The van der Waals surface area contributed by atoms with Crippen molar-refractivity contribution in [1.29, 1.82) is 0 Å². The molecular weight excluding hydrogens is 498 g/mol. The molecule has 2 N–H and O–H groups in total. The standard InChI is InChI=1S/C20H22BrN5O3.C3H6.C2H6/c1-2-29-20(28)25-9-7-13(8-10-25)23-18-11-16(14-5-3-4-6-17(14)27)24-19-15(21)12-22-26(18)19;1-2-3-1;1-2/h3-6,11-13,23,27H,2,7-10H2,1H3;1-3H2;1-2H3. The molecule has 1 aliphatic carbocycles. The van der Waals surface area contributed by atoms with Gasteiger partial charge in [-0.1, -0.05) is 45.2 Å². The summed E-state index contributed by atoms with van der Waals surface area (Å²) >= 11 is 3.50. The van der Waals surface area contributed by atoms with Crippen LogP contribution >= 0.6 is 15.9 Å². The first-order valence-corrected chi connectivity index (χ1v) is 12.9. The quantitative estimate of drug-likeness (QED) is 0.422. The number of benzene rings is 1. The largest absolute Gasteiger partial charge is 0.507 e. The summed E-state index contributed by atoms with van der Waals surface area (Å²) in [5.74, 6) is 0.960. The number of likely N-dealkylation sites (tertiary alicyclic amines) is 1. The van der Waals surface area contributed by atoms with Crippen LogP contribution in [0.1, 0.15) is 52.9 Å². The summed E-state index contributed by atoms with van der Waals surface area (Å²) in [5, 5.41) is 18.2. The molecule has 0 atom stereocenters. The number of anilines is 1. The highest BCUT2D eigenvalue weighted by Crippen LogP contribution is 2.31. The van der Waals surface area contributed by atoms with Crippen molar-refractivity contribution in [3.63, 3.8) is 0 Å². The molecule has 5 rings (SSSR count). The van der Waals surface area contributed by atoms with Gasteiger partial charge < -0.3 is 20.1 Å². The van der Waals surface area contributed by atoms with Crippen LogP contribution in [-0.2, 0) is 4.74 Å². The predicted octanol–water partition coefficient (Wildman–Crippen LogP) is 6.09. The number of halogens is 1. The van der Waals surface area contributed by atoms with Crippen molar-refractivity contribution in [2.75, 3.05) is 25.0 Å².